The van der Waals surface area contributed by atoms with Gasteiger partial charge in [-0.3, -0.25) is 14.9 Å². The van der Waals surface area contributed by atoms with Crippen LogP contribution in [-0.4, -0.2) is 27.9 Å². The number of aromatic nitrogens is 2. The van der Waals surface area contributed by atoms with Crippen molar-refractivity contribution in [3.05, 3.63) is 17.5 Å². The summed E-state index contributed by atoms with van der Waals surface area (Å²) in [6.07, 6.45) is 1.20. The molecule has 6 heteroatoms. The van der Waals surface area contributed by atoms with E-state index in [1.807, 2.05) is 24.6 Å². The molecule has 1 aromatic rings. The van der Waals surface area contributed by atoms with Crippen LogP contribution in [0.2, 0.25) is 0 Å². The van der Waals surface area contributed by atoms with E-state index in [-0.39, 0.29) is 12.0 Å². The molecule has 6 nitrogen and oxygen atoms in total. The molecule has 1 aliphatic heterocycles. The average Bonchev–Trinajstić information content (AvgIpc) is 2.86. The highest BCUT2D eigenvalue weighted by Crippen LogP contribution is 2.21. The number of hydrogen-bond acceptors (Lipinski definition) is 4. The molecule has 0 radical (unpaired) electrons. The number of nitrogens with one attached hydrogen (secondary N) is 1. The minimum Gasteiger partial charge on any atom is -0.363 e. The number of hydrazine groups is 1. The number of carbonyl (C=O) groups excluding carboxylic acids is 1. The summed E-state index contributed by atoms with van der Waals surface area (Å²) in [6.45, 7) is 4.66. The van der Waals surface area contributed by atoms with Crippen molar-refractivity contribution in [1.29, 1.82) is 0 Å². The Morgan fingerprint density at radius 2 is 2.41 bits per heavy atom. The van der Waals surface area contributed by atoms with Crippen molar-refractivity contribution in [3.63, 3.8) is 0 Å². The fourth-order valence-corrected chi connectivity index (χ4v) is 2.18. The molecule has 1 fully saturated rings. The van der Waals surface area contributed by atoms with Gasteiger partial charge in [0.2, 0.25) is 0 Å². The molecule has 1 aromatic heterocycles. The molecule has 2 unspecified atom stereocenters. The molecule has 0 aliphatic carbocycles. The van der Waals surface area contributed by atoms with E-state index in [9.17, 15) is 4.79 Å². The topological polar surface area (TPSA) is 82.2 Å². The molecule has 2 atom stereocenters. The monoisotopic (exact) mass is 238 g/mol. The third-order valence-corrected chi connectivity index (χ3v) is 3.02. The molecular formula is C11H18N4O2. The first-order valence-electron chi connectivity index (χ1n) is 5.77. The van der Waals surface area contributed by atoms with Crippen molar-refractivity contribution in [1.82, 2.24) is 15.2 Å². The van der Waals surface area contributed by atoms with Crippen LogP contribution in [0.4, 0.5) is 0 Å². The molecule has 1 saturated heterocycles. The van der Waals surface area contributed by atoms with Gasteiger partial charge in [0.05, 0.1) is 18.3 Å². The molecule has 1 amide bonds. The standard InChI is InChI=1S/C11H18N4O2/c1-7-5-8(2)15(14-7)6-9-3-4-10(17-9)11(16)13-12/h5,9-10H,3-4,6,12H2,1-2H3,(H,13,16). The summed E-state index contributed by atoms with van der Waals surface area (Å²) in [7, 11) is 0. The molecule has 0 bridgehead atoms. The van der Waals surface area contributed by atoms with Gasteiger partial charge >= 0.3 is 0 Å². The van der Waals surface area contributed by atoms with Crippen LogP contribution in [-0.2, 0) is 16.1 Å². The van der Waals surface area contributed by atoms with E-state index in [1.54, 1.807) is 0 Å². The van der Waals surface area contributed by atoms with Gasteiger partial charge in [0.25, 0.3) is 5.91 Å². The largest absolute Gasteiger partial charge is 0.363 e. The van der Waals surface area contributed by atoms with Crippen molar-refractivity contribution in [2.45, 2.75) is 45.4 Å². The van der Waals surface area contributed by atoms with E-state index in [0.717, 1.165) is 17.8 Å². The summed E-state index contributed by atoms with van der Waals surface area (Å²) < 4.78 is 7.55. The highest BCUT2D eigenvalue weighted by molar-refractivity contribution is 5.80. The summed E-state index contributed by atoms with van der Waals surface area (Å²) in [4.78, 5) is 11.3. The maximum Gasteiger partial charge on any atom is 0.263 e. The van der Waals surface area contributed by atoms with Crippen molar-refractivity contribution < 1.29 is 9.53 Å². The molecule has 0 spiro atoms. The lowest BCUT2D eigenvalue weighted by Crippen LogP contribution is -2.39. The third kappa shape index (κ3) is 2.65. The zero-order valence-electron chi connectivity index (χ0n) is 10.1. The molecule has 2 rings (SSSR count). The number of nitrogens with two attached hydrogens (primary N) is 1. The number of carbonyl (C=O) groups is 1. The van der Waals surface area contributed by atoms with Crippen LogP contribution in [0.3, 0.4) is 0 Å². The maximum absolute atomic E-state index is 11.3. The van der Waals surface area contributed by atoms with Crippen LogP contribution in [0.1, 0.15) is 24.2 Å². The zero-order chi connectivity index (χ0) is 12.4. The van der Waals surface area contributed by atoms with Gasteiger partial charge in [-0.05, 0) is 32.8 Å². The van der Waals surface area contributed by atoms with Gasteiger partial charge in [0.1, 0.15) is 6.10 Å². The van der Waals surface area contributed by atoms with Gasteiger partial charge in [-0.15, -0.1) is 0 Å². The van der Waals surface area contributed by atoms with Crippen LogP contribution in [0.25, 0.3) is 0 Å². The van der Waals surface area contributed by atoms with Gasteiger partial charge in [0, 0.05) is 5.69 Å². The second-order valence-electron chi connectivity index (χ2n) is 4.44. The van der Waals surface area contributed by atoms with Crippen LogP contribution < -0.4 is 11.3 Å². The minimum absolute atomic E-state index is 0.0373. The Bertz CT molecular complexity index is 416. The van der Waals surface area contributed by atoms with Gasteiger partial charge in [-0.2, -0.15) is 5.10 Å². The summed E-state index contributed by atoms with van der Waals surface area (Å²) in [5.41, 5.74) is 4.23. The first-order valence-corrected chi connectivity index (χ1v) is 5.77. The van der Waals surface area contributed by atoms with Crippen molar-refractivity contribution in [3.8, 4) is 0 Å². The predicted molar refractivity (Wildman–Crippen MR) is 61.9 cm³/mol. The second-order valence-corrected chi connectivity index (χ2v) is 4.44. The molecule has 2 heterocycles. The number of nitrogens with zero attached hydrogens (tertiary/aromatic N) is 2. The van der Waals surface area contributed by atoms with Gasteiger partial charge in [-0.25, -0.2) is 5.84 Å². The predicted octanol–water partition coefficient (Wildman–Crippen LogP) is 0.0374. The number of rotatable bonds is 3. The van der Waals surface area contributed by atoms with E-state index in [0.29, 0.717) is 13.0 Å². The Morgan fingerprint density at radius 3 is 3.00 bits per heavy atom. The maximum atomic E-state index is 11.3. The van der Waals surface area contributed by atoms with Crippen LogP contribution in [0.5, 0.6) is 0 Å². The Balaban J connectivity index is 1.94. The van der Waals surface area contributed by atoms with E-state index < -0.39 is 6.10 Å². The highest BCUT2D eigenvalue weighted by Gasteiger charge is 2.30. The lowest BCUT2D eigenvalue weighted by atomic mass is 10.2. The molecule has 3 N–H and O–H groups in total. The van der Waals surface area contributed by atoms with Crippen molar-refractivity contribution >= 4 is 5.91 Å². The first-order chi connectivity index (χ1) is 8.10. The van der Waals surface area contributed by atoms with Gasteiger partial charge in [0.15, 0.2) is 0 Å². The summed E-state index contributed by atoms with van der Waals surface area (Å²) in [6, 6.07) is 2.03. The SMILES string of the molecule is Cc1cc(C)n(CC2CCC(C(=O)NN)O2)n1. The molecule has 0 saturated carbocycles. The number of aryl methyl sites for hydroxylation is 2. The summed E-state index contributed by atoms with van der Waals surface area (Å²) in [5, 5.41) is 4.38. The van der Waals surface area contributed by atoms with Gasteiger partial charge < -0.3 is 4.74 Å². The smallest absolute Gasteiger partial charge is 0.263 e. The first kappa shape index (κ1) is 12.1. The Kier molecular flexibility index (Phi) is 3.44. The molecule has 17 heavy (non-hydrogen) atoms. The third-order valence-electron chi connectivity index (χ3n) is 3.02. The summed E-state index contributed by atoms with van der Waals surface area (Å²) >= 11 is 0. The quantitative estimate of drug-likeness (QED) is 0.442. The lowest BCUT2D eigenvalue weighted by Gasteiger charge is -2.13. The molecule has 94 valence electrons. The molecular weight excluding hydrogens is 220 g/mol. The van der Waals surface area contributed by atoms with E-state index in [4.69, 9.17) is 10.6 Å². The Morgan fingerprint density at radius 1 is 1.65 bits per heavy atom. The highest BCUT2D eigenvalue weighted by atomic mass is 16.5. The lowest BCUT2D eigenvalue weighted by molar-refractivity contribution is -0.132. The summed E-state index contributed by atoms with van der Waals surface area (Å²) in [5.74, 6) is 4.83. The molecule has 1 aliphatic rings. The normalized spacial score (nSPS) is 23.9. The number of ether oxygens (including phenoxy) is 1. The Labute approximate surface area is 100 Å². The van der Waals surface area contributed by atoms with Crippen molar-refractivity contribution in [2.75, 3.05) is 0 Å². The fourth-order valence-electron chi connectivity index (χ4n) is 2.18. The number of amides is 1. The van der Waals surface area contributed by atoms with E-state index in [1.165, 1.54) is 0 Å². The Hall–Kier alpha value is -1.40. The van der Waals surface area contributed by atoms with Crippen molar-refractivity contribution in [2.24, 2.45) is 5.84 Å². The van der Waals surface area contributed by atoms with E-state index in [2.05, 4.69) is 10.5 Å². The van der Waals surface area contributed by atoms with Crippen LogP contribution >= 0.6 is 0 Å². The van der Waals surface area contributed by atoms with Crippen LogP contribution in [0.15, 0.2) is 6.07 Å². The van der Waals surface area contributed by atoms with E-state index >= 15 is 0 Å². The number of hydrogen-bond donors (Lipinski definition) is 2. The average molecular weight is 238 g/mol. The second kappa shape index (κ2) is 4.85. The van der Waals surface area contributed by atoms with Crippen LogP contribution in [0, 0.1) is 13.8 Å². The van der Waals surface area contributed by atoms with Gasteiger partial charge in [-0.1, -0.05) is 0 Å². The zero-order valence-corrected chi connectivity index (χ0v) is 10.1. The molecule has 0 aromatic carbocycles. The fraction of sp³-hybridized carbons (Fsp3) is 0.636. The minimum atomic E-state index is -0.415.